The van der Waals surface area contributed by atoms with Gasteiger partial charge in [-0.15, -0.1) is 21.0 Å². The van der Waals surface area contributed by atoms with Crippen molar-refractivity contribution in [3.8, 4) is 48.0 Å². The summed E-state index contributed by atoms with van der Waals surface area (Å²) in [5, 5.41) is 35.6. The molecule has 0 unspecified atom stereocenters. The highest BCUT2D eigenvalue weighted by Crippen LogP contribution is 2.45. The highest BCUT2D eigenvalue weighted by molar-refractivity contribution is 9.11. The molecule has 0 atom stereocenters. The van der Waals surface area contributed by atoms with E-state index in [2.05, 4.69) is 77.6 Å². The van der Waals surface area contributed by atoms with Crippen molar-refractivity contribution in [3.05, 3.63) is 109 Å². The van der Waals surface area contributed by atoms with Crippen LogP contribution in [0.3, 0.4) is 0 Å². The van der Waals surface area contributed by atoms with E-state index in [1.54, 1.807) is 49.3 Å². The number of ether oxygens (including phenoxy) is 4. The Morgan fingerprint density at radius 1 is 0.420 bits per heavy atom. The van der Waals surface area contributed by atoms with Crippen molar-refractivity contribution in [2.45, 2.75) is 38.5 Å². The average molecular weight is 1010 g/mol. The maximum Gasteiger partial charge on any atom is 0.292 e. The fourth-order valence-corrected chi connectivity index (χ4v) is 8.41. The predicted octanol–water partition coefficient (Wildman–Crippen LogP) is 13.1. The zero-order chi connectivity index (χ0) is 37.6. The number of hydrogen-bond acceptors (Lipinski definition) is 8. The number of benzene rings is 4. The van der Waals surface area contributed by atoms with Gasteiger partial charge in [0, 0.05) is 10.8 Å². The number of nitrogens with zero attached hydrogens (tertiary/aromatic N) is 4. The molecule has 0 aromatic heterocycles. The summed E-state index contributed by atoms with van der Waals surface area (Å²) in [6.45, 7) is 8.00. The molecule has 0 fully saturated rings. The molecule has 0 saturated heterocycles. The molecule has 0 spiro atoms. The highest BCUT2D eigenvalue weighted by atomic mass is 79.9. The van der Waals surface area contributed by atoms with E-state index >= 15 is 0 Å². The fourth-order valence-electron chi connectivity index (χ4n) is 4.59. The molecule has 0 radical (unpaired) electrons. The van der Waals surface area contributed by atoms with E-state index in [-0.39, 0.29) is 37.0 Å². The molecule has 0 aliphatic rings. The molecule has 0 bridgehead atoms. The standard InChI is InChI=1S/C17H10Br4N2O2.C17H10Cl4N2O2/c2*1-17(2,9-3-11(18)15(24-7-22)12(19)4-9)10-5-13(20)16(25-8-23)14(21)6-10/h2*3-6H,1-2H3. The van der Waals surface area contributed by atoms with Gasteiger partial charge >= 0.3 is 0 Å². The van der Waals surface area contributed by atoms with Crippen LogP contribution in [0.25, 0.3) is 0 Å². The van der Waals surface area contributed by atoms with E-state index in [9.17, 15) is 0 Å². The third kappa shape index (κ3) is 9.31. The quantitative estimate of drug-likeness (QED) is 0.159. The number of halogens is 8. The van der Waals surface area contributed by atoms with Crippen molar-refractivity contribution in [2.75, 3.05) is 0 Å². The SMILES string of the molecule is CC(C)(c1cc(Br)c(OC#N)c(Br)c1)c1cc(Br)c(OC#N)c(Br)c1.CC(C)(c1cc(Cl)c(OC#N)c(Cl)c1)c1cc(Cl)c(OC#N)c(Cl)c1. The Hall–Kier alpha value is -2.88. The Kier molecular flexibility index (Phi) is 14.6. The summed E-state index contributed by atoms with van der Waals surface area (Å²) in [6.07, 6.45) is 6.44. The van der Waals surface area contributed by atoms with E-state index in [4.69, 9.17) is 86.4 Å². The number of hydrogen-bond donors (Lipinski definition) is 0. The van der Waals surface area contributed by atoms with Gasteiger partial charge in [0.2, 0.25) is 0 Å². The summed E-state index contributed by atoms with van der Waals surface area (Å²) in [7, 11) is 0. The summed E-state index contributed by atoms with van der Waals surface area (Å²) in [6, 6.07) is 14.3. The van der Waals surface area contributed by atoms with Crippen LogP contribution in [0.5, 0.6) is 23.0 Å². The predicted molar refractivity (Wildman–Crippen MR) is 206 cm³/mol. The maximum absolute atomic E-state index is 8.75. The first-order valence-electron chi connectivity index (χ1n) is 13.7. The van der Waals surface area contributed by atoms with E-state index < -0.39 is 5.41 Å². The summed E-state index contributed by atoms with van der Waals surface area (Å²) >= 11 is 38.4. The Morgan fingerprint density at radius 3 is 0.840 bits per heavy atom. The van der Waals surface area contributed by atoms with Gasteiger partial charge in [0.1, 0.15) is 0 Å². The van der Waals surface area contributed by atoms with Crippen LogP contribution < -0.4 is 18.9 Å². The molecule has 4 aromatic rings. The van der Waals surface area contributed by atoms with Crippen LogP contribution in [0, 0.1) is 46.1 Å². The van der Waals surface area contributed by atoms with Crippen molar-refractivity contribution in [3.63, 3.8) is 0 Å². The lowest BCUT2D eigenvalue weighted by Crippen LogP contribution is -2.19. The lowest BCUT2D eigenvalue weighted by molar-refractivity contribution is 0.498. The second-order valence-electron chi connectivity index (χ2n) is 11.1. The molecule has 16 heteroatoms. The molecule has 256 valence electrons. The van der Waals surface area contributed by atoms with E-state index in [1.165, 1.54) is 0 Å². The second-order valence-corrected chi connectivity index (χ2v) is 16.1. The minimum Gasteiger partial charge on any atom is -0.386 e. The number of rotatable bonds is 8. The zero-order valence-corrected chi connectivity index (χ0v) is 35.4. The van der Waals surface area contributed by atoms with Crippen molar-refractivity contribution >= 4 is 110 Å². The van der Waals surface area contributed by atoms with Crippen molar-refractivity contribution < 1.29 is 18.9 Å². The van der Waals surface area contributed by atoms with Crippen LogP contribution in [-0.2, 0) is 10.8 Å². The molecule has 0 heterocycles. The van der Waals surface area contributed by atoms with Crippen LogP contribution in [0.2, 0.25) is 20.1 Å². The van der Waals surface area contributed by atoms with Crippen LogP contribution in [0.4, 0.5) is 0 Å². The lowest BCUT2D eigenvalue weighted by Gasteiger charge is -2.28. The minimum atomic E-state index is -0.586. The Bertz CT molecular complexity index is 1750. The number of nitriles is 4. The van der Waals surface area contributed by atoms with Gasteiger partial charge in [-0.1, -0.05) is 74.1 Å². The second kappa shape index (κ2) is 17.6. The molecule has 0 saturated carbocycles. The molecular weight excluding hydrogens is 990 g/mol. The summed E-state index contributed by atoms with van der Waals surface area (Å²) < 4.78 is 22.2. The molecule has 0 amide bonds. The lowest BCUT2D eigenvalue weighted by atomic mass is 9.78. The normalized spacial score (nSPS) is 10.7. The molecular formula is C34H20Br4Cl4N4O4. The van der Waals surface area contributed by atoms with Crippen LogP contribution in [0.15, 0.2) is 66.4 Å². The third-order valence-corrected chi connectivity index (χ3v) is 10.9. The topological polar surface area (TPSA) is 132 Å². The van der Waals surface area contributed by atoms with Gasteiger partial charge in [-0.3, -0.25) is 0 Å². The first-order chi connectivity index (χ1) is 23.4. The molecule has 0 N–H and O–H groups in total. The van der Waals surface area contributed by atoms with Crippen LogP contribution in [0.1, 0.15) is 49.9 Å². The van der Waals surface area contributed by atoms with Gasteiger partial charge < -0.3 is 18.9 Å². The molecule has 0 aliphatic heterocycles. The third-order valence-electron chi connectivity index (χ3n) is 7.47. The zero-order valence-electron chi connectivity index (χ0n) is 26.1. The smallest absolute Gasteiger partial charge is 0.292 e. The molecule has 4 rings (SSSR count). The van der Waals surface area contributed by atoms with Gasteiger partial charge in [-0.2, -0.15) is 0 Å². The Labute approximate surface area is 342 Å². The Morgan fingerprint density at radius 2 is 0.620 bits per heavy atom. The van der Waals surface area contributed by atoms with Gasteiger partial charge in [-0.05, 0) is 135 Å². The monoisotopic (exact) mass is 1000 g/mol. The Balaban J connectivity index is 0.000000270. The fraction of sp³-hybridized carbons (Fsp3) is 0.176. The van der Waals surface area contributed by atoms with Gasteiger partial charge in [0.25, 0.3) is 25.0 Å². The highest BCUT2D eigenvalue weighted by Gasteiger charge is 2.29. The summed E-state index contributed by atoms with van der Waals surface area (Å²) in [5.41, 5.74) is 2.57. The van der Waals surface area contributed by atoms with Gasteiger partial charge in [-0.25, -0.2) is 0 Å². The van der Waals surface area contributed by atoms with Crippen molar-refractivity contribution in [2.24, 2.45) is 0 Å². The first kappa shape index (κ1) is 41.5. The molecule has 4 aromatic carbocycles. The van der Waals surface area contributed by atoms with E-state index in [0.717, 1.165) is 22.3 Å². The molecule has 8 nitrogen and oxygen atoms in total. The average Bonchev–Trinajstić information content (AvgIpc) is 3.04. The van der Waals surface area contributed by atoms with E-state index in [1.807, 2.05) is 38.1 Å². The largest absolute Gasteiger partial charge is 0.386 e. The van der Waals surface area contributed by atoms with Crippen LogP contribution >= 0.6 is 110 Å². The summed E-state index contributed by atoms with van der Waals surface area (Å²) in [4.78, 5) is 0. The first-order valence-corrected chi connectivity index (χ1v) is 18.3. The van der Waals surface area contributed by atoms with Crippen molar-refractivity contribution in [1.29, 1.82) is 21.0 Å². The molecule has 0 aliphatic carbocycles. The molecule has 50 heavy (non-hydrogen) atoms. The summed E-state index contributed by atoms with van der Waals surface area (Å²) in [5.74, 6) is 1.06. The van der Waals surface area contributed by atoms with Crippen molar-refractivity contribution in [1.82, 2.24) is 0 Å². The van der Waals surface area contributed by atoms with Crippen LogP contribution in [-0.4, -0.2) is 0 Å². The van der Waals surface area contributed by atoms with Gasteiger partial charge in [0.05, 0.1) is 38.0 Å². The van der Waals surface area contributed by atoms with Gasteiger partial charge in [0.15, 0.2) is 23.0 Å². The minimum absolute atomic E-state index is 0.0965. The van der Waals surface area contributed by atoms with E-state index in [0.29, 0.717) is 29.4 Å². The maximum atomic E-state index is 8.75.